The van der Waals surface area contributed by atoms with Gasteiger partial charge in [0.1, 0.15) is 5.76 Å². The fourth-order valence-corrected chi connectivity index (χ4v) is 3.09. The Labute approximate surface area is 148 Å². The molecule has 0 fully saturated rings. The molecule has 0 spiro atoms. The minimum absolute atomic E-state index is 0.671. The van der Waals surface area contributed by atoms with Crippen LogP contribution in [0.1, 0.15) is 31.1 Å². The Kier molecular flexibility index (Phi) is 8.04. The normalized spacial score (nSPS) is 10.5. The van der Waals surface area contributed by atoms with Crippen LogP contribution in [0.15, 0.2) is 47.1 Å². The summed E-state index contributed by atoms with van der Waals surface area (Å²) in [5.41, 5.74) is 2.41. The zero-order valence-corrected chi connectivity index (χ0v) is 15.1. The van der Waals surface area contributed by atoms with Gasteiger partial charge < -0.3 is 15.1 Å². The molecule has 2 rings (SSSR count). The maximum Gasteiger partial charge on any atom is 0.170 e. The van der Waals surface area contributed by atoms with Crippen LogP contribution in [0.3, 0.4) is 0 Å². The first-order chi connectivity index (χ1) is 11.3. The summed E-state index contributed by atoms with van der Waals surface area (Å²) in [5.74, 6) is 2.89. The van der Waals surface area contributed by atoms with Gasteiger partial charge >= 0.3 is 0 Å². The molecule has 0 aliphatic carbocycles. The van der Waals surface area contributed by atoms with Crippen LogP contribution in [-0.2, 0) is 12.2 Å². The lowest BCUT2D eigenvalue weighted by Crippen LogP contribution is -2.30. The Morgan fingerprint density at radius 3 is 2.74 bits per heavy atom. The number of anilines is 1. The van der Waals surface area contributed by atoms with E-state index >= 15 is 0 Å². The number of thioether (sulfide) groups is 1. The summed E-state index contributed by atoms with van der Waals surface area (Å²) in [6, 6.07) is 12.4. The third-order valence-corrected chi connectivity index (χ3v) is 4.62. The van der Waals surface area contributed by atoms with Crippen LogP contribution in [0, 0.1) is 0 Å². The Morgan fingerprint density at radius 1 is 1.22 bits per heavy atom. The average Bonchev–Trinajstić information content (AvgIpc) is 3.07. The molecule has 1 aromatic carbocycles. The molecule has 124 valence electrons. The van der Waals surface area contributed by atoms with Crippen LogP contribution < -0.4 is 10.6 Å². The van der Waals surface area contributed by atoms with Crippen molar-refractivity contribution in [3.8, 4) is 0 Å². The number of aryl methyl sites for hydroxylation is 1. The number of benzene rings is 1. The molecular weight excluding hydrogens is 324 g/mol. The minimum Gasteiger partial charge on any atom is -0.468 e. The molecule has 2 N–H and O–H groups in total. The number of thiocarbonyl (C=S) groups is 1. The first-order valence-electron chi connectivity index (χ1n) is 8.02. The Balaban J connectivity index is 1.60. The summed E-state index contributed by atoms with van der Waals surface area (Å²) in [7, 11) is 0. The van der Waals surface area contributed by atoms with Gasteiger partial charge in [-0.15, -0.1) is 0 Å². The van der Waals surface area contributed by atoms with Gasteiger partial charge in [-0.1, -0.05) is 25.5 Å². The predicted molar refractivity (Wildman–Crippen MR) is 104 cm³/mol. The lowest BCUT2D eigenvalue weighted by molar-refractivity contribution is 0.530. The SMILES string of the molecule is CCCCc1ccc(NC(=S)NCCSCc2ccco2)cc1. The van der Waals surface area contributed by atoms with Crippen molar-refractivity contribution in [2.75, 3.05) is 17.6 Å². The zero-order valence-electron chi connectivity index (χ0n) is 13.5. The largest absolute Gasteiger partial charge is 0.468 e. The van der Waals surface area contributed by atoms with Gasteiger partial charge in [-0.05, 0) is 54.9 Å². The number of unbranched alkanes of at least 4 members (excludes halogenated alkanes) is 1. The van der Waals surface area contributed by atoms with Crippen LogP contribution in [0.5, 0.6) is 0 Å². The topological polar surface area (TPSA) is 37.2 Å². The molecule has 1 aromatic heterocycles. The van der Waals surface area contributed by atoms with Gasteiger partial charge in [0.15, 0.2) is 5.11 Å². The lowest BCUT2D eigenvalue weighted by Gasteiger charge is -2.11. The van der Waals surface area contributed by atoms with Crippen molar-refractivity contribution in [3.05, 3.63) is 54.0 Å². The quantitative estimate of drug-likeness (QED) is 0.501. The van der Waals surface area contributed by atoms with Gasteiger partial charge in [0, 0.05) is 18.0 Å². The van der Waals surface area contributed by atoms with Crippen LogP contribution in [0.4, 0.5) is 5.69 Å². The summed E-state index contributed by atoms with van der Waals surface area (Å²) >= 11 is 7.14. The Hall–Kier alpha value is -1.46. The molecule has 0 unspecified atom stereocenters. The Bertz CT molecular complexity index is 567. The number of rotatable bonds is 9. The van der Waals surface area contributed by atoms with Crippen molar-refractivity contribution in [2.45, 2.75) is 31.9 Å². The molecule has 0 aliphatic heterocycles. The highest BCUT2D eigenvalue weighted by atomic mass is 32.2. The molecule has 0 saturated carbocycles. The third kappa shape index (κ3) is 7.10. The highest BCUT2D eigenvalue weighted by Gasteiger charge is 1.99. The van der Waals surface area contributed by atoms with Gasteiger partial charge in [-0.2, -0.15) is 11.8 Å². The standard InChI is InChI=1S/C18H24N2OS2/c1-2-3-5-15-7-9-16(10-8-15)20-18(22)19-11-13-23-14-17-6-4-12-21-17/h4,6-10,12H,2-3,5,11,13-14H2,1H3,(H2,19,20,22). The van der Waals surface area contributed by atoms with E-state index in [1.54, 1.807) is 6.26 Å². The molecule has 3 nitrogen and oxygen atoms in total. The van der Waals surface area contributed by atoms with Crippen molar-refractivity contribution < 1.29 is 4.42 Å². The minimum atomic E-state index is 0.671. The molecule has 5 heteroatoms. The van der Waals surface area contributed by atoms with Crippen molar-refractivity contribution in [3.63, 3.8) is 0 Å². The number of furan rings is 1. The number of hydrogen-bond donors (Lipinski definition) is 2. The molecule has 0 atom stereocenters. The molecule has 1 heterocycles. The fraction of sp³-hybridized carbons (Fsp3) is 0.389. The van der Waals surface area contributed by atoms with E-state index in [1.165, 1.54) is 18.4 Å². The van der Waals surface area contributed by atoms with E-state index in [0.29, 0.717) is 5.11 Å². The van der Waals surface area contributed by atoms with Crippen molar-refractivity contribution >= 4 is 34.8 Å². The predicted octanol–water partition coefficient (Wildman–Crippen LogP) is 4.84. The molecule has 0 bridgehead atoms. The van der Waals surface area contributed by atoms with E-state index in [0.717, 1.165) is 35.9 Å². The van der Waals surface area contributed by atoms with E-state index in [9.17, 15) is 0 Å². The van der Waals surface area contributed by atoms with Crippen molar-refractivity contribution in [2.24, 2.45) is 0 Å². The molecule has 2 aromatic rings. The molecule has 0 amide bonds. The second-order valence-corrected chi connectivity index (χ2v) is 6.83. The molecule has 0 radical (unpaired) electrons. The molecule has 0 saturated heterocycles. The van der Waals surface area contributed by atoms with Crippen molar-refractivity contribution in [1.29, 1.82) is 0 Å². The first-order valence-corrected chi connectivity index (χ1v) is 9.58. The van der Waals surface area contributed by atoms with Gasteiger partial charge in [-0.3, -0.25) is 0 Å². The lowest BCUT2D eigenvalue weighted by atomic mass is 10.1. The van der Waals surface area contributed by atoms with Crippen LogP contribution >= 0.6 is 24.0 Å². The molecule has 0 aliphatic rings. The maximum atomic E-state index is 5.32. The molecular formula is C18H24N2OS2. The highest BCUT2D eigenvalue weighted by molar-refractivity contribution is 7.98. The monoisotopic (exact) mass is 348 g/mol. The summed E-state index contributed by atoms with van der Waals surface area (Å²) in [6.07, 6.45) is 5.32. The average molecular weight is 349 g/mol. The van der Waals surface area contributed by atoms with E-state index in [1.807, 2.05) is 23.9 Å². The first kappa shape index (κ1) is 17.9. The fourth-order valence-electron chi connectivity index (χ4n) is 2.12. The summed E-state index contributed by atoms with van der Waals surface area (Å²) in [6.45, 7) is 3.05. The molecule has 23 heavy (non-hydrogen) atoms. The van der Waals surface area contributed by atoms with Gasteiger partial charge in [0.05, 0.1) is 12.0 Å². The second-order valence-electron chi connectivity index (χ2n) is 5.31. The summed E-state index contributed by atoms with van der Waals surface area (Å²) < 4.78 is 5.29. The van der Waals surface area contributed by atoms with E-state index < -0.39 is 0 Å². The van der Waals surface area contributed by atoms with Gasteiger partial charge in [0.25, 0.3) is 0 Å². The number of nitrogens with one attached hydrogen (secondary N) is 2. The van der Waals surface area contributed by atoms with Crippen LogP contribution in [0.2, 0.25) is 0 Å². The Morgan fingerprint density at radius 2 is 2.04 bits per heavy atom. The van der Waals surface area contributed by atoms with Crippen LogP contribution in [0.25, 0.3) is 0 Å². The second kappa shape index (κ2) is 10.3. The number of hydrogen-bond acceptors (Lipinski definition) is 3. The third-order valence-electron chi connectivity index (χ3n) is 3.39. The van der Waals surface area contributed by atoms with Gasteiger partial charge in [0.2, 0.25) is 0 Å². The van der Waals surface area contributed by atoms with E-state index in [4.69, 9.17) is 16.6 Å². The zero-order chi connectivity index (χ0) is 16.3. The highest BCUT2D eigenvalue weighted by Crippen LogP contribution is 2.13. The van der Waals surface area contributed by atoms with E-state index in [-0.39, 0.29) is 0 Å². The summed E-state index contributed by atoms with van der Waals surface area (Å²) in [5, 5.41) is 7.12. The maximum absolute atomic E-state index is 5.32. The van der Waals surface area contributed by atoms with E-state index in [2.05, 4.69) is 41.8 Å². The van der Waals surface area contributed by atoms with Gasteiger partial charge in [-0.25, -0.2) is 0 Å². The van der Waals surface area contributed by atoms with Crippen LogP contribution in [-0.4, -0.2) is 17.4 Å². The summed E-state index contributed by atoms with van der Waals surface area (Å²) in [4.78, 5) is 0. The van der Waals surface area contributed by atoms with Crippen molar-refractivity contribution in [1.82, 2.24) is 5.32 Å². The smallest absolute Gasteiger partial charge is 0.170 e.